The molecule has 0 aliphatic carbocycles. The van der Waals surface area contributed by atoms with E-state index in [1.807, 2.05) is 5.16 Å². The number of benzene rings is 1. The lowest BCUT2D eigenvalue weighted by Crippen LogP contribution is -1.98. The maximum atomic E-state index is 13.7. The van der Waals surface area contributed by atoms with Crippen LogP contribution < -0.4 is 0 Å². The third-order valence-corrected chi connectivity index (χ3v) is 2.27. The number of aliphatic imine (C=N–C) groups is 1. The zero-order valence-electron chi connectivity index (χ0n) is 8.19. The highest BCUT2D eigenvalue weighted by Crippen LogP contribution is 2.24. The molecule has 1 aromatic heterocycles. The molecule has 0 saturated heterocycles. The lowest BCUT2D eigenvalue weighted by Gasteiger charge is -2.05. The van der Waals surface area contributed by atoms with Crippen molar-refractivity contribution < 1.29 is 8.78 Å². The van der Waals surface area contributed by atoms with E-state index in [-0.39, 0.29) is 16.5 Å². The maximum Gasteiger partial charge on any atom is 0.152 e. The van der Waals surface area contributed by atoms with Crippen LogP contribution in [-0.2, 0) is 0 Å². The van der Waals surface area contributed by atoms with E-state index in [4.69, 9.17) is 11.6 Å². The van der Waals surface area contributed by atoms with Crippen LogP contribution in [0.4, 0.5) is 14.5 Å². The SMILES string of the molecule is Fc1cc(N=C=S)cc(F)c1-n1cnc(Cl)c1. The molecule has 1 heterocycles. The summed E-state index contributed by atoms with van der Waals surface area (Å²) in [4.78, 5) is 7.18. The molecular formula is C10H4ClF2N3S. The number of halogens is 3. The number of hydrogen-bond donors (Lipinski definition) is 0. The Balaban J connectivity index is 2.59. The number of isothiocyanates is 1. The van der Waals surface area contributed by atoms with E-state index >= 15 is 0 Å². The van der Waals surface area contributed by atoms with Crippen LogP contribution in [0, 0.1) is 11.6 Å². The first-order chi connectivity index (χ1) is 8.11. The summed E-state index contributed by atoms with van der Waals surface area (Å²) in [5, 5.41) is 2.18. The molecular weight excluding hydrogens is 268 g/mol. The molecule has 0 aliphatic heterocycles. The Hall–Kier alpha value is -1.62. The number of aromatic nitrogens is 2. The van der Waals surface area contributed by atoms with E-state index in [1.165, 1.54) is 12.5 Å². The van der Waals surface area contributed by atoms with Gasteiger partial charge in [0.25, 0.3) is 0 Å². The summed E-state index contributed by atoms with van der Waals surface area (Å²) in [5.74, 6) is -1.58. The number of imidazole rings is 1. The zero-order valence-corrected chi connectivity index (χ0v) is 9.77. The predicted molar refractivity (Wildman–Crippen MR) is 63.2 cm³/mol. The molecule has 3 nitrogen and oxygen atoms in total. The Labute approximate surface area is 105 Å². The van der Waals surface area contributed by atoms with E-state index in [0.29, 0.717) is 0 Å². The summed E-state index contributed by atoms with van der Waals surface area (Å²) < 4.78 is 28.5. The van der Waals surface area contributed by atoms with Gasteiger partial charge in [0.2, 0.25) is 0 Å². The van der Waals surface area contributed by atoms with E-state index in [1.54, 1.807) is 0 Å². The fraction of sp³-hybridized carbons (Fsp3) is 0. The van der Waals surface area contributed by atoms with Gasteiger partial charge in [0.05, 0.1) is 10.8 Å². The molecule has 0 atom stereocenters. The minimum Gasteiger partial charge on any atom is -0.299 e. The molecule has 2 aromatic rings. The first-order valence-corrected chi connectivity index (χ1v) is 5.17. The maximum absolute atomic E-state index is 13.7. The predicted octanol–water partition coefficient (Wildman–Crippen LogP) is 3.54. The minimum absolute atomic E-state index is 0.0602. The Kier molecular flexibility index (Phi) is 3.28. The van der Waals surface area contributed by atoms with Gasteiger partial charge in [-0.2, -0.15) is 4.99 Å². The lowest BCUT2D eigenvalue weighted by molar-refractivity contribution is 0.570. The number of hydrogen-bond acceptors (Lipinski definition) is 3. The number of nitrogens with zero attached hydrogens (tertiary/aromatic N) is 3. The summed E-state index contributed by atoms with van der Waals surface area (Å²) in [6.45, 7) is 0. The van der Waals surface area contributed by atoms with Crippen molar-refractivity contribution in [1.82, 2.24) is 9.55 Å². The average molecular weight is 272 g/mol. The normalized spacial score (nSPS) is 10.1. The van der Waals surface area contributed by atoms with Gasteiger partial charge in [0.1, 0.15) is 17.2 Å². The van der Waals surface area contributed by atoms with Crippen LogP contribution >= 0.6 is 23.8 Å². The molecule has 17 heavy (non-hydrogen) atoms. The summed E-state index contributed by atoms with van der Waals surface area (Å²) in [6, 6.07) is 2.09. The van der Waals surface area contributed by atoms with Crippen LogP contribution in [0.25, 0.3) is 5.69 Å². The second-order valence-electron chi connectivity index (χ2n) is 3.06. The fourth-order valence-corrected chi connectivity index (χ4v) is 1.59. The smallest absolute Gasteiger partial charge is 0.152 e. The Morgan fingerprint density at radius 1 is 1.35 bits per heavy atom. The van der Waals surface area contributed by atoms with Crippen molar-refractivity contribution in [3.63, 3.8) is 0 Å². The van der Waals surface area contributed by atoms with Crippen LogP contribution in [0.1, 0.15) is 0 Å². The molecule has 7 heteroatoms. The van der Waals surface area contributed by atoms with E-state index in [0.717, 1.165) is 16.7 Å². The molecule has 0 N–H and O–H groups in total. The van der Waals surface area contributed by atoms with Gasteiger partial charge in [-0.25, -0.2) is 13.8 Å². The van der Waals surface area contributed by atoms with Crippen molar-refractivity contribution >= 4 is 34.7 Å². The van der Waals surface area contributed by atoms with E-state index < -0.39 is 11.6 Å². The van der Waals surface area contributed by atoms with Gasteiger partial charge in [-0.1, -0.05) is 11.6 Å². The first kappa shape index (κ1) is 11.9. The number of rotatable bonds is 2. The molecule has 0 saturated carbocycles. The zero-order chi connectivity index (χ0) is 12.4. The molecule has 0 amide bonds. The lowest BCUT2D eigenvalue weighted by atomic mass is 10.2. The van der Waals surface area contributed by atoms with Gasteiger partial charge in [0, 0.05) is 18.3 Å². The average Bonchev–Trinajstić information content (AvgIpc) is 2.64. The van der Waals surface area contributed by atoms with Crippen molar-refractivity contribution in [3.8, 4) is 5.69 Å². The van der Waals surface area contributed by atoms with Crippen LogP contribution in [-0.4, -0.2) is 14.7 Å². The standard InChI is InChI=1S/C10H4ClF2N3S/c11-9-3-16(4-14-9)10-7(12)1-6(15-5-17)2-8(10)13/h1-4H. The monoisotopic (exact) mass is 271 g/mol. The van der Waals surface area contributed by atoms with Crippen LogP contribution in [0.15, 0.2) is 29.6 Å². The molecule has 0 radical (unpaired) electrons. The molecule has 0 spiro atoms. The van der Waals surface area contributed by atoms with Crippen molar-refractivity contribution in [2.75, 3.05) is 0 Å². The Bertz CT molecular complexity index is 597. The molecule has 0 unspecified atom stereocenters. The van der Waals surface area contributed by atoms with Crippen LogP contribution in [0.3, 0.4) is 0 Å². The Morgan fingerprint density at radius 2 is 2.00 bits per heavy atom. The molecule has 0 bridgehead atoms. The highest BCUT2D eigenvalue weighted by molar-refractivity contribution is 7.78. The highest BCUT2D eigenvalue weighted by atomic mass is 35.5. The van der Waals surface area contributed by atoms with Gasteiger partial charge < -0.3 is 0 Å². The van der Waals surface area contributed by atoms with Crippen molar-refractivity contribution in [2.24, 2.45) is 4.99 Å². The second kappa shape index (κ2) is 4.71. The van der Waals surface area contributed by atoms with Gasteiger partial charge in [-0.05, 0) is 12.2 Å². The van der Waals surface area contributed by atoms with E-state index in [2.05, 4.69) is 22.2 Å². The van der Waals surface area contributed by atoms with Crippen LogP contribution in [0.5, 0.6) is 0 Å². The topological polar surface area (TPSA) is 30.2 Å². The number of thiocarbonyl (C=S) groups is 1. The quantitative estimate of drug-likeness (QED) is 0.618. The first-order valence-electron chi connectivity index (χ1n) is 4.38. The molecule has 86 valence electrons. The fourth-order valence-electron chi connectivity index (χ4n) is 1.34. The minimum atomic E-state index is -0.789. The molecule has 0 aliphatic rings. The second-order valence-corrected chi connectivity index (χ2v) is 3.63. The van der Waals surface area contributed by atoms with Gasteiger partial charge in [-0.3, -0.25) is 4.57 Å². The van der Waals surface area contributed by atoms with Gasteiger partial charge >= 0.3 is 0 Å². The molecule has 1 aromatic carbocycles. The van der Waals surface area contributed by atoms with E-state index in [9.17, 15) is 8.78 Å². The van der Waals surface area contributed by atoms with Crippen molar-refractivity contribution in [2.45, 2.75) is 0 Å². The van der Waals surface area contributed by atoms with Gasteiger partial charge in [-0.15, -0.1) is 0 Å². The third-order valence-electron chi connectivity index (χ3n) is 1.99. The third kappa shape index (κ3) is 2.39. The summed E-state index contributed by atoms with van der Waals surface area (Å²) in [6.07, 6.45) is 2.51. The molecule has 2 rings (SSSR count). The molecule has 0 fully saturated rings. The highest BCUT2D eigenvalue weighted by Gasteiger charge is 2.13. The largest absolute Gasteiger partial charge is 0.299 e. The summed E-state index contributed by atoms with van der Waals surface area (Å²) >= 11 is 9.93. The van der Waals surface area contributed by atoms with Gasteiger partial charge in [0.15, 0.2) is 11.6 Å². The summed E-state index contributed by atoms with van der Waals surface area (Å²) in [7, 11) is 0. The van der Waals surface area contributed by atoms with Crippen molar-refractivity contribution in [3.05, 3.63) is 41.4 Å². The summed E-state index contributed by atoms with van der Waals surface area (Å²) in [5.41, 5.74) is -0.210. The van der Waals surface area contributed by atoms with Crippen molar-refractivity contribution in [1.29, 1.82) is 0 Å². The van der Waals surface area contributed by atoms with Crippen LogP contribution in [0.2, 0.25) is 5.15 Å². The Morgan fingerprint density at radius 3 is 2.47 bits per heavy atom.